The van der Waals surface area contributed by atoms with Crippen molar-refractivity contribution in [2.75, 3.05) is 0 Å². The number of nitrogens with one attached hydrogen (secondary N) is 1. The molecular formula is C13H13ClFNO. The van der Waals surface area contributed by atoms with Gasteiger partial charge in [0.25, 0.3) is 0 Å². The van der Waals surface area contributed by atoms with Crippen LogP contribution in [0.3, 0.4) is 0 Å². The van der Waals surface area contributed by atoms with E-state index in [1.807, 2.05) is 19.1 Å². The Hall–Kier alpha value is -1.32. The van der Waals surface area contributed by atoms with Crippen LogP contribution < -0.4 is 5.32 Å². The average Bonchev–Trinajstić information content (AvgIpc) is 2.82. The molecule has 2 rings (SSSR count). The zero-order chi connectivity index (χ0) is 12.3. The van der Waals surface area contributed by atoms with Crippen LogP contribution in [0.1, 0.15) is 24.1 Å². The van der Waals surface area contributed by atoms with Crippen molar-refractivity contribution in [2.24, 2.45) is 0 Å². The smallest absolute Gasteiger partial charge is 0.142 e. The van der Waals surface area contributed by atoms with E-state index in [1.54, 1.807) is 18.6 Å². The maximum Gasteiger partial charge on any atom is 0.142 e. The molecule has 2 nitrogen and oxygen atoms in total. The van der Waals surface area contributed by atoms with Crippen molar-refractivity contribution in [2.45, 2.75) is 19.5 Å². The molecule has 0 aliphatic rings. The van der Waals surface area contributed by atoms with E-state index >= 15 is 0 Å². The Morgan fingerprint density at radius 1 is 1.41 bits per heavy atom. The van der Waals surface area contributed by atoms with Gasteiger partial charge in [-0.15, -0.1) is 0 Å². The van der Waals surface area contributed by atoms with Crippen molar-refractivity contribution < 1.29 is 8.81 Å². The Labute approximate surface area is 104 Å². The van der Waals surface area contributed by atoms with E-state index in [1.165, 1.54) is 6.07 Å². The van der Waals surface area contributed by atoms with Gasteiger partial charge in [0.05, 0.1) is 17.5 Å². The van der Waals surface area contributed by atoms with Crippen LogP contribution in [0.15, 0.2) is 41.2 Å². The molecule has 0 radical (unpaired) electrons. The van der Waals surface area contributed by atoms with Gasteiger partial charge < -0.3 is 9.73 Å². The minimum atomic E-state index is -0.388. The summed E-state index contributed by atoms with van der Waals surface area (Å²) in [6.07, 6.45) is 3.31. The van der Waals surface area contributed by atoms with Gasteiger partial charge in [-0.3, -0.25) is 0 Å². The Balaban J connectivity index is 1.99. The summed E-state index contributed by atoms with van der Waals surface area (Å²) in [7, 11) is 0. The van der Waals surface area contributed by atoms with Crippen LogP contribution in [0.5, 0.6) is 0 Å². The molecular weight excluding hydrogens is 241 g/mol. The fourth-order valence-corrected chi connectivity index (χ4v) is 1.68. The van der Waals surface area contributed by atoms with Crippen LogP contribution in [0.2, 0.25) is 5.02 Å². The molecule has 4 heteroatoms. The molecule has 0 bridgehead atoms. The van der Waals surface area contributed by atoms with Gasteiger partial charge in [-0.1, -0.05) is 17.7 Å². The maximum atomic E-state index is 13.3. The highest BCUT2D eigenvalue weighted by molar-refractivity contribution is 6.30. The van der Waals surface area contributed by atoms with E-state index in [-0.39, 0.29) is 16.9 Å². The van der Waals surface area contributed by atoms with Gasteiger partial charge in [0.1, 0.15) is 5.82 Å². The van der Waals surface area contributed by atoms with E-state index in [9.17, 15) is 4.39 Å². The molecule has 0 saturated heterocycles. The zero-order valence-electron chi connectivity index (χ0n) is 9.41. The largest absolute Gasteiger partial charge is 0.472 e. The number of furan rings is 1. The standard InChI is InChI=1S/C13H13ClFNO/c1-9(16-7-10-4-5-17-8-10)11-2-3-12(14)13(15)6-11/h2-6,8-9,16H,7H2,1H3. The highest BCUT2D eigenvalue weighted by Crippen LogP contribution is 2.20. The lowest BCUT2D eigenvalue weighted by molar-refractivity contribution is 0.544. The first-order valence-electron chi connectivity index (χ1n) is 5.36. The van der Waals surface area contributed by atoms with Crippen LogP contribution in [0.25, 0.3) is 0 Å². The fourth-order valence-electron chi connectivity index (χ4n) is 1.56. The number of rotatable bonds is 4. The zero-order valence-corrected chi connectivity index (χ0v) is 10.2. The van der Waals surface area contributed by atoms with Gasteiger partial charge in [-0.2, -0.15) is 0 Å². The van der Waals surface area contributed by atoms with Crippen molar-refractivity contribution in [1.82, 2.24) is 5.32 Å². The topological polar surface area (TPSA) is 25.2 Å². The van der Waals surface area contributed by atoms with E-state index in [0.717, 1.165) is 11.1 Å². The van der Waals surface area contributed by atoms with Crippen molar-refractivity contribution in [3.63, 3.8) is 0 Å². The first-order chi connectivity index (χ1) is 8.16. The van der Waals surface area contributed by atoms with Crippen LogP contribution in [-0.2, 0) is 6.54 Å². The Kier molecular flexibility index (Phi) is 3.82. The minimum absolute atomic E-state index is 0.0525. The molecule has 0 aliphatic heterocycles. The predicted molar refractivity (Wildman–Crippen MR) is 65.4 cm³/mol. The second-order valence-corrected chi connectivity index (χ2v) is 4.31. The lowest BCUT2D eigenvalue weighted by Crippen LogP contribution is -2.17. The third-order valence-corrected chi connectivity index (χ3v) is 2.94. The molecule has 90 valence electrons. The first-order valence-corrected chi connectivity index (χ1v) is 5.74. The van der Waals surface area contributed by atoms with E-state index < -0.39 is 0 Å². The lowest BCUT2D eigenvalue weighted by atomic mass is 10.1. The molecule has 0 fully saturated rings. The van der Waals surface area contributed by atoms with Crippen molar-refractivity contribution >= 4 is 11.6 Å². The lowest BCUT2D eigenvalue weighted by Gasteiger charge is -2.13. The van der Waals surface area contributed by atoms with Crippen molar-refractivity contribution in [1.29, 1.82) is 0 Å². The SMILES string of the molecule is CC(NCc1ccoc1)c1ccc(Cl)c(F)c1. The van der Waals surface area contributed by atoms with Gasteiger partial charge in [0.15, 0.2) is 0 Å². The Morgan fingerprint density at radius 2 is 2.24 bits per heavy atom. The van der Waals surface area contributed by atoms with Crippen molar-refractivity contribution in [3.8, 4) is 0 Å². The molecule has 1 unspecified atom stereocenters. The van der Waals surface area contributed by atoms with Gasteiger partial charge in [-0.25, -0.2) is 4.39 Å². The van der Waals surface area contributed by atoms with Crippen molar-refractivity contribution in [3.05, 3.63) is 58.8 Å². The molecule has 2 aromatic rings. The van der Waals surface area contributed by atoms with Gasteiger partial charge in [-0.05, 0) is 30.7 Å². The summed E-state index contributed by atoms with van der Waals surface area (Å²) in [6.45, 7) is 2.66. The van der Waals surface area contributed by atoms with E-state index in [2.05, 4.69) is 5.32 Å². The van der Waals surface area contributed by atoms with Crippen LogP contribution >= 0.6 is 11.6 Å². The normalized spacial score (nSPS) is 12.6. The summed E-state index contributed by atoms with van der Waals surface area (Å²) >= 11 is 5.64. The highest BCUT2D eigenvalue weighted by atomic mass is 35.5. The number of hydrogen-bond acceptors (Lipinski definition) is 2. The second kappa shape index (κ2) is 5.34. The molecule has 0 spiro atoms. The molecule has 1 N–H and O–H groups in total. The Bertz CT molecular complexity index is 484. The fraction of sp³-hybridized carbons (Fsp3) is 0.231. The second-order valence-electron chi connectivity index (χ2n) is 3.91. The maximum absolute atomic E-state index is 13.3. The van der Waals surface area contributed by atoms with Crippen LogP contribution in [0.4, 0.5) is 4.39 Å². The average molecular weight is 254 g/mol. The number of hydrogen-bond donors (Lipinski definition) is 1. The third kappa shape index (κ3) is 3.08. The monoisotopic (exact) mass is 253 g/mol. The van der Waals surface area contributed by atoms with Gasteiger partial charge in [0, 0.05) is 18.2 Å². The molecule has 1 aromatic heterocycles. The number of benzene rings is 1. The third-order valence-electron chi connectivity index (χ3n) is 2.64. The van der Waals surface area contributed by atoms with Crippen LogP contribution in [0, 0.1) is 5.82 Å². The highest BCUT2D eigenvalue weighted by Gasteiger charge is 2.08. The summed E-state index contributed by atoms with van der Waals surface area (Å²) in [4.78, 5) is 0. The summed E-state index contributed by atoms with van der Waals surface area (Å²) < 4.78 is 18.2. The van der Waals surface area contributed by atoms with Gasteiger partial charge >= 0.3 is 0 Å². The Morgan fingerprint density at radius 3 is 2.88 bits per heavy atom. The van der Waals surface area contributed by atoms with Gasteiger partial charge in [0.2, 0.25) is 0 Å². The molecule has 0 aliphatic carbocycles. The molecule has 1 heterocycles. The van der Waals surface area contributed by atoms with E-state index in [4.69, 9.17) is 16.0 Å². The summed E-state index contributed by atoms with van der Waals surface area (Å²) in [5.74, 6) is -0.388. The summed E-state index contributed by atoms with van der Waals surface area (Å²) in [5.41, 5.74) is 1.93. The minimum Gasteiger partial charge on any atom is -0.472 e. The molecule has 1 aromatic carbocycles. The van der Waals surface area contributed by atoms with E-state index in [0.29, 0.717) is 6.54 Å². The first kappa shape index (κ1) is 12.1. The molecule has 1 atom stereocenters. The molecule has 17 heavy (non-hydrogen) atoms. The molecule has 0 amide bonds. The quantitative estimate of drug-likeness (QED) is 0.893. The number of halogens is 2. The van der Waals surface area contributed by atoms with Crippen LogP contribution in [-0.4, -0.2) is 0 Å². The summed E-state index contributed by atoms with van der Waals surface area (Å²) in [6, 6.07) is 6.79. The predicted octanol–water partition coefficient (Wildman–Crippen LogP) is 3.92. The molecule has 0 saturated carbocycles. The summed E-state index contributed by atoms with van der Waals surface area (Å²) in [5, 5.41) is 3.43.